The van der Waals surface area contributed by atoms with Crippen LogP contribution >= 0.6 is 11.3 Å². The number of carbonyl (C=O) groups is 3. The summed E-state index contributed by atoms with van der Waals surface area (Å²) in [4.78, 5) is 38.7. The van der Waals surface area contributed by atoms with Gasteiger partial charge in [0.1, 0.15) is 16.9 Å². The van der Waals surface area contributed by atoms with Gasteiger partial charge < -0.3 is 10.1 Å². The predicted molar refractivity (Wildman–Crippen MR) is 127 cm³/mol. The van der Waals surface area contributed by atoms with Gasteiger partial charge in [0.2, 0.25) is 15.9 Å². The number of nitrogens with one attached hydrogen (secondary N) is 2. The van der Waals surface area contributed by atoms with Crippen molar-refractivity contribution in [3.05, 3.63) is 46.1 Å². The first kappa shape index (κ1) is 25.3. The van der Waals surface area contributed by atoms with Crippen LogP contribution in [0.5, 0.6) is 0 Å². The highest BCUT2D eigenvalue weighted by molar-refractivity contribution is 7.89. The van der Waals surface area contributed by atoms with E-state index in [1.807, 2.05) is 0 Å². The second-order valence-electron chi connectivity index (χ2n) is 8.72. The third-order valence-electron chi connectivity index (χ3n) is 6.30. The number of sulfonamides is 1. The van der Waals surface area contributed by atoms with Crippen LogP contribution in [0.15, 0.2) is 29.2 Å². The smallest absolute Gasteiger partial charge is 0.413 e. The summed E-state index contributed by atoms with van der Waals surface area (Å²) in [5.41, 5.74) is 0.994. The van der Waals surface area contributed by atoms with Crippen molar-refractivity contribution in [1.29, 1.82) is 0 Å². The molecule has 12 heteroatoms. The molecule has 188 valence electrons. The standard InChI is InChI=1S/C23H26FN3O6S2/c1-13-5-10-16-18(12-13)34-22(19(16)21(29)26-23(30)33-2)25-20(28)17-4-3-11-27(17)35(31,32)15-8-6-14(24)7-9-15/h6-9,13,17H,3-5,10-12H2,1-2H3,(H,25,28)(H,26,29,30). The number of hydrogen-bond acceptors (Lipinski definition) is 7. The van der Waals surface area contributed by atoms with Gasteiger partial charge in [0.25, 0.3) is 5.91 Å². The number of ether oxygens (including phenoxy) is 1. The first-order valence-corrected chi connectivity index (χ1v) is 13.5. The Bertz CT molecular complexity index is 1260. The van der Waals surface area contributed by atoms with Crippen molar-refractivity contribution in [2.24, 2.45) is 5.92 Å². The number of imide groups is 1. The minimum absolute atomic E-state index is 0.0997. The molecular weight excluding hydrogens is 497 g/mol. The lowest BCUT2D eigenvalue weighted by Gasteiger charge is -2.23. The van der Waals surface area contributed by atoms with Crippen LogP contribution in [0.2, 0.25) is 0 Å². The Kier molecular flexibility index (Phi) is 7.25. The van der Waals surface area contributed by atoms with E-state index in [-0.39, 0.29) is 22.0 Å². The molecule has 1 aromatic carbocycles. The van der Waals surface area contributed by atoms with Crippen LogP contribution in [-0.2, 0) is 32.4 Å². The van der Waals surface area contributed by atoms with Crippen LogP contribution in [0.3, 0.4) is 0 Å². The van der Waals surface area contributed by atoms with Crippen molar-refractivity contribution >= 4 is 44.3 Å². The van der Waals surface area contributed by atoms with Crippen LogP contribution in [0.4, 0.5) is 14.2 Å². The summed E-state index contributed by atoms with van der Waals surface area (Å²) in [7, 11) is -2.88. The highest BCUT2D eigenvalue weighted by atomic mass is 32.2. The second kappa shape index (κ2) is 10.0. The SMILES string of the molecule is COC(=O)NC(=O)c1c(NC(=O)C2CCCN2S(=O)(=O)c2ccc(F)cc2)sc2c1CCC(C)C2. The maximum absolute atomic E-state index is 13.3. The summed E-state index contributed by atoms with van der Waals surface area (Å²) in [5.74, 6) is -1.39. The number of carbonyl (C=O) groups excluding carboxylic acids is 3. The number of rotatable bonds is 5. The molecule has 2 aliphatic rings. The van der Waals surface area contributed by atoms with Crippen LogP contribution < -0.4 is 10.6 Å². The zero-order valence-corrected chi connectivity index (χ0v) is 20.9. The quantitative estimate of drug-likeness (QED) is 0.620. The van der Waals surface area contributed by atoms with Crippen LogP contribution in [0, 0.1) is 11.7 Å². The molecule has 2 heterocycles. The van der Waals surface area contributed by atoms with Crippen LogP contribution in [0.25, 0.3) is 0 Å². The van der Waals surface area contributed by atoms with Gasteiger partial charge in [-0.1, -0.05) is 6.92 Å². The monoisotopic (exact) mass is 523 g/mol. The molecule has 0 saturated carbocycles. The lowest BCUT2D eigenvalue weighted by Crippen LogP contribution is -2.43. The zero-order chi connectivity index (χ0) is 25.3. The summed E-state index contributed by atoms with van der Waals surface area (Å²) in [6.07, 6.45) is 2.10. The molecule has 2 N–H and O–H groups in total. The minimum atomic E-state index is -4.03. The summed E-state index contributed by atoms with van der Waals surface area (Å²) in [5, 5.41) is 5.19. The summed E-state index contributed by atoms with van der Waals surface area (Å²) in [6.45, 7) is 2.25. The number of benzene rings is 1. The van der Waals surface area contributed by atoms with Crippen molar-refractivity contribution in [1.82, 2.24) is 9.62 Å². The van der Waals surface area contributed by atoms with E-state index in [2.05, 4.69) is 22.3 Å². The fourth-order valence-corrected chi connectivity index (χ4v) is 7.58. The van der Waals surface area contributed by atoms with Gasteiger partial charge in [0.05, 0.1) is 17.6 Å². The topological polar surface area (TPSA) is 122 Å². The highest BCUT2D eigenvalue weighted by Crippen LogP contribution is 2.40. The van der Waals surface area contributed by atoms with Gasteiger partial charge in [-0.15, -0.1) is 11.3 Å². The Hall–Kier alpha value is -2.83. The Balaban J connectivity index is 1.62. The fourth-order valence-electron chi connectivity index (χ4n) is 4.51. The molecule has 1 aliphatic carbocycles. The van der Waals surface area contributed by atoms with E-state index < -0.39 is 39.8 Å². The first-order chi connectivity index (χ1) is 16.6. The van der Waals surface area contributed by atoms with Crippen molar-refractivity contribution < 1.29 is 31.9 Å². The van der Waals surface area contributed by atoms with Crippen molar-refractivity contribution in [3.63, 3.8) is 0 Å². The largest absolute Gasteiger partial charge is 0.453 e. The molecule has 0 bridgehead atoms. The van der Waals surface area contributed by atoms with Gasteiger partial charge in [-0.2, -0.15) is 4.31 Å². The number of thiophene rings is 1. The molecule has 2 aromatic rings. The average molecular weight is 524 g/mol. The van der Waals surface area contributed by atoms with Crippen molar-refractivity contribution in [3.8, 4) is 0 Å². The van der Waals surface area contributed by atoms with E-state index in [1.165, 1.54) is 23.5 Å². The number of methoxy groups -OCH3 is 1. The van der Waals surface area contributed by atoms with Crippen molar-refractivity contribution in [2.45, 2.75) is 50.0 Å². The molecule has 1 aliphatic heterocycles. The number of fused-ring (bicyclic) bond motifs is 1. The molecule has 2 atom stereocenters. The lowest BCUT2D eigenvalue weighted by atomic mass is 9.88. The van der Waals surface area contributed by atoms with Gasteiger partial charge in [-0.05, 0) is 67.9 Å². The zero-order valence-electron chi connectivity index (χ0n) is 19.3. The van der Waals surface area contributed by atoms with Crippen LogP contribution in [0.1, 0.15) is 47.0 Å². The predicted octanol–water partition coefficient (Wildman–Crippen LogP) is 3.30. The first-order valence-electron chi connectivity index (χ1n) is 11.2. The fraction of sp³-hybridized carbons (Fsp3) is 0.435. The van der Waals surface area contributed by atoms with E-state index in [0.717, 1.165) is 46.8 Å². The normalized spacial score (nSPS) is 20.2. The minimum Gasteiger partial charge on any atom is -0.453 e. The molecular formula is C23H26FN3O6S2. The molecule has 1 saturated heterocycles. The average Bonchev–Trinajstić information content (AvgIpc) is 3.44. The van der Waals surface area contributed by atoms with Gasteiger partial charge in [0.15, 0.2) is 0 Å². The van der Waals surface area contributed by atoms with Crippen LogP contribution in [-0.4, -0.2) is 50.3 Å². The number of hydrogen-bond donors (Lipinski definition) is 2. The number of anilines is 1. The van der Waals surface area contributed by atoms with E-state index in [4.69, 9.17) is 0 Å². The summed E-state index contributed by atoms with van der Waals surface area (Å²) < 4.78 is 45.2. The Morgan fingerprint density at radius 3 is 2.57 bits per heavy atom. The molecule has 1 aromatic heterocycles. The number of amides is 3. The van der Waals surface area contributed by atoms with Gasteiger partial charge in [0, 0.05) is 11.4 Å². The number of nitrogens with zero attached hydrogens (tertiary/aromatic N) is 1. The molecule has 0 spiro atoms. The molecule has 35 heavy (non-hydrogen) atoms. The van der Waals surface area contributed by atoms with Gasteiger partial charge in [-0.25, -0.2) is 17.6 Å². The summed E-state index contributed by atoms with van der Waals surface area (Å²) in [6, 6.07) is 3.46. The highest BCUT2D eigenvalue weighted by Gasteiger charge is 2.40. The summed E-state index contributed by atoms with van der Waals surface area (Å²) >= 11 is 1.27. The van der Waals surface area contributed by atoms with E-state index in [0.29, 0.717) is 25.2 Å². The van der Waals surface area contributed by atoms with E-state index in [9.17, 15) is 27.2 Å². The van der Waals surface area contributed by atoms with E-state index >= 15 is 0 Å². The number of alkyl carbamates (subject to hydrolysis) is 1. The molecule has 3 amide bonds. The maximum Gasteiger partial charge on any atom is 0.413 e. The Morgan fingerprint density at radius 1 is 1.17 bits per heavy atom. The van der Waals surface area contributed by atoms with E-state index in [1.54, 1.807) is 0 Å². The third-order valence-corrected chi connectivity index (χ3v) is 9.40. The number of halogens is 1. The maximum atomic E-state index is 13.3. The van der Waals surface area contributed by atoms with Gasteiger partial charge >= 0.3 is 6.09 Å². The third kappa shape index (κ3) is 5.09. The Labute approximate surface area is 206 Å². The Morgan fingerprint density at radius 2 is 1.89 bits per heavy atom. The molecule has 1 fully saturated rings. The lowest BCUT2D eigenvalue weighted by molar-refractivity contribution is -0.119. The molecule has 4 rings (SSSR count). The van der Waals surface area contributed by atoms with Gasteiger partial charge in [-0.3, -0.25) is 14.9 Å². The molecule has 0 radical (unpaired) electrons. The second-order valence-corrected chi connectivity index (χ2v) is 11.7. The molecule has 9 nitrogen and oxygen atoms in total. The van der Waals surface area contributed by atoms with Crippen molar-refractivity contribution in [2.75, 3.05) is 19.0 Å². The molecule has 2 unspecified atom stereocenters.